The van der Waals surface area contributed by atoms with Gasteiger partial charge < -0.3 is 19.8 Å². The maximum atomic E-state index is 11.9. The molecule has 0 radical (unpaired) electrons. The van der Waals surface area contributed by atoms with E-state index in [0.717, 1.165) is 19.6 Å². The first-order valence-electron chi connectivity index (χ1n) is 8.11. The average molecular weight is 318 g/mol. The van der Waals surface area contributed by atoms with Gasteiger partial charge in [0.15, 0.2) is 11.2 Å². The lowest BCUT2D eigenvalue weighted by Crippen LogP contribution is -2.37. The minimum absolute atomic E-state index is 0.00806. The van der Waals surface area contributed by atoms with Crippen LogP contribution in [0.25, 0.3) is 11.2 Å². The summed E-state index contributed by atoms with van der Waals surface area (Å²) in [7, 11) is 0. The zero-order chi connectivity index (χ0) is 16.1. The molecule has 1 saturated heterocycles. The van der Waals surface area contributed by atoms with Crippen molar-refractivity contribution in [3.63, 3.8) is 0 Å². The second-order valence-electron chi connectivity index (χ2n) is 5.84. The maximum Gasteiger partial charge on any atom is 0.278 e. The third kappa shape index (κ3) is 3.95. The first-order valence-corrected chi connectivity index (χ1v) is 8.11. The molecule has 0 atom stereocenters. The molecule has 8 nitrogen and oxygen atoms in total. The van der Waals surface area contributed by atoms with Gasteiger partial charge in [-0.3, -0.25) is 9.59 Å². The molecule has 23 heavy (non-hydrogen) atoms. The summed E-state index contributed by atoms with van der Waals surface area (Å²) in [5.41, 5.74) is 0.549. The summed E-state index contributed by atoms with van der Waals surface area (Å²) < 4.78 is 1.73. The number of aromatic nitrogens is 4. The van der Waals surface area contributed by atoms with Crippen LogP contribution in [0.4, 0.5) is 0 Å². The number of aryl methyl sites for hydroxylation is 1. The number of imidazole rings is 1. The minimum atomic E-state index is -0.264. The van der Waals surface area contributed by atoms with E-state index in [1.165, 1.54) is 25.6 Å². The van der Waals surface area contributed by atoms with Gasteiger partial charge in [0.25, 0.3) is 5.56 Å². The summed E-state index contributed by atoms with van der Waals surface area (Å²) in [6.45, 7) is 4.33. The van der Waals surface area contributed by atoms with Gasteiger partial charge in [0.05, 0.1) is 12.7 Å². The Kier molecular flexibility index (Phi) is 5.02. The Bertz CT molecular complexity index is 716. The van der Waals surface area contributed by atoms with Crippen molar-refractivity contribution in [1.29, 1.82) is 0 Å². The molecular formula is C15H22N6O2. The van der Waals surface area contributed by atoms with E-state index in [0.29, 0.717) is 30.7 Å². The zero-order valence-electron chi connectivity index (χ0n) is 13.1. The van der Waals surface area contributed by atoms with Crippen molar-refractivity contribution in [2.45, 2.75) is 32.2 Å². The summed E-state index contributed by atoms with van der Waals surface area (Å²) >= 11 is 0. The van der Waals surface area contributed by atoms with Crippen LogP contribution in [0.15, 0.2) is 17.4 Å². The summed E-state index contributed by atoms with van der Waals surface area (Å²) in [4.78, 5) is 36.5. The summed E-state index contributed by atoms with van der Waals surface area (Å²) in [5, 5.41) is 2.95. The second kappa shape index (κ2) is 7.36. The molecule has 2 N–H and O–H groups in total. The van der Waals surface area contributed by atoms with Crippen molar-refractivity contribution in [3.8, 4) is 0 Å². The van der Waals surface area contributed by atoms with Crippen molar-refractivity contribution >= 4 is 17.1 Å². The van der Waals surface area contributed by atoms with Crippen LogP contribution in [0.2, 0.25) is 0 Å². The molecule has 0 bridgehead atoms. The average Bonchev–Trinajstić information content (AvgIpc) is 2.98. The molecule has 2 aromatic rings. The van der Waals surface area contributed by atoms with Gasteiger partial charge in [-0.15, -0.1) is 0 Å². The molecule has 0 aromatic carbocycles. The Morgan fingerprint density at radius 3 is 2.87 bits per heavy atom. The molecule has 1 fully saturated rings. The molecule has 1 amide bonds. The number of rotatable bonds is 6. The highest BCUT2D eigenvalue weighted by molar-refractivity contribution is 5.76. The standard InChI is InChI=1S/C15H22N6O2/c22-12(16-5-9-20-6-2-1-3-7-20)4-8-21-11-19-13-14(21)17-10-18-15(13)23/h10-11H,1-9H2,(H,16,22)(H,17,18,23). The Hall–Kier alpha value is -2.22. The van der Waals surface area contributed by atoms with Gasteiger partial charge >= 0.3 is 0 Å². The molecule has 124 valence electrons. The number of nitrogens with zero attached hydrogens (tertiary/aromatic N) is 4. The monoisotopic (exact) mass is 318 g/mol. The highest BCUT2D eigenvalue weighted by Crippen LogP contribution is 2.07. The van der Waals surface area contributed by atoms with Crippen LogP contribution in [0.5, 0.6) is 0 Å². The van der Waals surface area contributed by atoms with Crippen LogP contribution < -0.4 is 10.9 Å². The molecule has 0 unspecified atom stereocenters. The van der Waals surface area contributed by atoms with Gasteiger partial charge in [-0.1, -0.05) is 6.42 Å². The molecule has 0 spiro atoms. The van der Waals surface area contributed by atoms with Crippen LogP contribution in [0, 0.1) is 0 Å². The highest BCUT2D eigenvalue weighted by Gasteiger charge is 2.11. The number of carbonyl (C=O) groups excluding carboxylic acids is 1. The molecule has 2 aromatic heterocycles. The van der Waals surface area contributed by atoms with Gasteiger partial charge in [0.2, 0.25) is 5.91 Å². The van der Waals surface area contributed by atoms with E-state index in [1.54, 1.807) is 10.9 Å². The lowest BCUT2D eigenvalue weighted by Gasteiger charge is -2.26. The summed E-state index contributed by atoms with van der Waals surface area (Å²) in [6, 6.07) is 0. The van der Waals surface area contributed by atoms with E-state index in [1.807, 2.05) is 0 Å². The van der Waals surface area contributed by atoms with E-state index in [9.17, 15) is 9.59 Å². The van der Waals surface area contributed by atoms with E-state index < -0.39 is 0 Å². The normalized spacial score (nSPS) is 15.8. The third-order valence-electron chi connectivity index (χ3n) is 4.19. The number of fused-ring (bicyclic) bond motifs is 1. The number of hydrogen-bond donors (Lipinski definition) is 2. The zero-order valence-corrected chi connectivity index (χ0v) is 13.1. The van der Waals surface area contributed by atoms with Crippen molar-refractivity contribution in [2.24, 2.45) is 0 Å². The largest absolute Gasteiger partial charge is 0.355 e. The van der Waals surface area contributed by atoms with Gasteiger partial charge in [-0.2, -0.15) is 0 Å². The van der Waals surface area contributed by atoms with Gasteiger partial charge in [-0.25, -0.2) is 9.97 Å². The second-order valence-corrected chi connectivity index (χ2v) is 5.84. The number of likely N-dealkylation sites (tertiary alicyclic amines) is 1. The fourth-order valence-electron chi connectivity index (χ4n) is 2.90. The maximum absolute atomic E-state index is 11.9. The topological polar surface area (TPSA) is 95.9 Å². The fourth-order valence-corrected chi connectivity index (χ4v) is 2.90. The van der Waals surface area contributed by atoms with Crippen molar-refractivity contribution in [3.05, 3.63) is 23.0 Å². The number of nitrogens with one attached hydrogen (secondary N) is 2. The first-order chi connectivity index (χ1) is 11.2. The molecule has 3 rings (SSSR count). The quantitative estimate of drug-likeness (QED) is 0.788. The molecule has 8 heteroatoms. The van der Waals surface area contributed by atoms with Crippen molar-refractivity contribution in [1.82, 2.24) is 29.7 Å². The highest BCUT2D eigenvalue weighted by atomic mass is 16.1. The molecular weight excluding hydrogens is 296 g/mol. The van der Waals surface area contributed by atoms with Crippen LogP contribution >= 0.6 is 0 Å². The predicted octanol–water partition coefficient (Wildman–Crippen LogP) is 0.112. The summed E-state index contributed by atoms with van der Waals surface area (Å²) in [5.74, 6) is 0.00806. The molecule has 0 aliphatic carbocycles. The number of carbonyl (C=O) groups is 1. The number of piperidine rings is 1. The molecule has 3 heterocycles. The lowest BCUT2D eigenvalue weighted by molar-refractivity contribution is -0.121. The van der Waals surface area contributed by atoms with E-state index in [2.05, 4.69) is 25.2 Å². The van der Waals surface area contributed by atoms with Gasteiger partial charge in [0, 0.05) is 26.1 Å². The number of amides is 1. The Balaban J connectivity index is 1.45. The van der Waals surface area contributed by atoms with Crippen LogP contribution in [-0.2, 0) is 11.3 Å². The molecule has 1 aliphatic heterocycles. The van der Waals surface area contributed by atoms with Crippen LogP contribution in [-0.4, -0.2) is 56.5 Å². The Morgan fingerprint density at radius 2 is 2.04 bits per heavy atom. The fraction of sp³-hybridized carbons (Fsp3) is 0.600. The van der Waals surface area contributed by atoms with Crippen molar-refractivity contribution < 1.29 is 4.79 Å². The number of H-pyrrole nitrogens is 1. The number of aromatic amines is 1. The first kappa shape index (κ1) is 15.7. The SMILES string of the molecule is O=C(CCn1cnc2c(=O)[nH]cnc21)NCCN1CCCCC1. The third-order valence-corrected chi connectivity index (χ3v) is 4.19. The molecule has 1 aliphatic rings. The Morgan fingerprint density at radius 1 is 1.22 bits per heavy atom. The van der Waals surface area contributed by atoms with Gasteiger partial charge in [0.1, 0.15) is 0 Å². The smallest absolute Gasteiger partial charge is 0.278 e. The van der Waals surface area contributed by atoms with Crippen molar-refractivity contribution in [2.75, 3.05) is 26.2 Å². The summed E-state index contributed by atoms with van der Waals surface area (Å²) in [6.07, 6.45) is 7.08. The van der Waals surface area contributed by atoms with Crippen LogP contribution in [0.3, 0.4) is 0 Å². The minimum Gasteiger partial charge on any atom is -0.355 e. The van der Waals surface area contributed by atoms with E-state index >= 15 is 0 Å². The van der Waals surface area contributed by atoms with Crippen LogP contribution in [0.1, 0.15) is 25.7 Å². The van der Waals surface area contributed by atoms with E-state index in [-0.39, 0.29) is 11.5 Å². The molecule has 0 saturated carbocycles. The number of hydrogen-bond acceptors (Lipinski definition) is 5. The lowest BCUT2D eigenvalue weighted by atomic mass is 10.1. The predicted molar refractivity (Wildman–Crippen MR) is 86.1 cm³/mol. The van der Waals surface area contributed by atoms with E-state index in [4.69, 9.17) is 0 Å². The Labute approximate surface area is 133 Å². The van der Waals surface area contributed by atoms with Gasteiger partial charge in [-0.05, 0) is 25.9 Å².